The van der Waals surface area contributed by atoms with Crippen LogP contribution in [0.15, 0.2) is 72.2 Å². The van der Waals surface area contributed by atoms with E-state index in [0.29, 0.717) is 27.3 Å². The Morgan fingerprint density at radius 2 is 1.89 bits per heavy atom. The molecule has 28 heavy (non-hydrogen) atoms. The van der Waals surface area contributed by atoms with Gasteiger partial charge in [0.1, 0.15) is 12.4 Å². The number of aromatic nitrogens is 2. The molecular formula is C21H14Cl2N2O2S. The summed E-state index contributed by atoms with van der Waals surface area (Å²) in [5.41, 5.74) is 2.48. The Balaban J connectivity index is 1.44. The van der Waals surface area contributed by atoms with Crippen molar-refractivity contribution in [2.24, 2.45) is 0 Å². The zero-order valence-electron chi connectivity index (χ0n) is 14.5. The Bertz CT molecular complexity index is 1110. The van der Waals surface area contributed by atoms with E-state index in [9.17, 15) is 4.79 Å². The highest BCUT2D eigenvalue weighted by atomic mass is 35.5. The summed E-state index contributed by atoms with van der Waals surface area (Å²) in [6.07, 6.45) is 1.67. The van der Waals surface area contributed by atoms with Gasteiger partial charge >= 0.3 is 0 Å². The molecule has 0 unspecified atom stereocenters. The van der Waals surface area contributed by atoms with Crippen molar-refractivity contribution in [2.45, 2.75) is 6.61 Å². The molecule has 0 fully saturated rings. The summed E-state index contributed by atoms with van der Waals surface area (Å²) >= 11 is 13.5. The number of nitrogens with zero attached hydrogens (tertiary/aromatic N) is 2. The molecule has 4 nitrogen and oxygen atoms in total. The fraction of sp³-hybridized carbons (Fsp3) is 0.0476. The molecule has 0 amide bonds. The number of ether oxygens (including phenoxy) is 1. The predicted octanol–water partition coefficient (Wildman–Crippen LogP) is 6.19. The Kier molecular flexibility index (Phi) is 5.48. The Labute approximate surface area is 175 Å². The van der Waals surface area contributed by atoms with Gasteiger partial charge in [-0.1, -0.05) is 35.3 Å². The molecule has 2 aromatic carbocycles. The van der Waals surface area contributed by atoms with Crippen LogP contribution < -0.4 is 4.74 Å². The zero-order chi connectivity index (χ0) is 19.5. The van der Waals surface area contributed by atoms with Gasteiger partial charge in [-0.25, -0.2) is 4.68 Å². The molecular weight excluding hydrogens is 415 g/mol. The first-order valence-corrected chi connectivity index (χ1v) is 10.0. The largest absolute Gasteiger partial charge is 0.489 e. The van der Waals surface area contributed by atoms with Crippen molar-refractivity contribution in [1.29, 1.82) is 0 Å². The maximum atomic E-state index is 12.3. The van der Waals surface area contributed by atoms with Gasteiger partial charge in [0, 0.05) is 27.4 Å². The molecule has 0 atom stereocenters. The van der Waals surface area contributed by atoms with Crippen LogP contribution in [0.4, 0.5) is 0 Å². The van der Waals surface area contributed by atoms with E-state index in [4.69, 9.17) is 27.9 Å². The highest BCUT2D eigenvalue weighted by Gasteiger charge is 2.12. The van der Waals surface area contributed by atoms with Gasteiger partial charge in [-0.15, -0.1) is 11.3 Å². The van der Waals surface area contributed by atoms with Gasteiger partial charge in [0.15, 0.2) is 0 Å². The lowest BCUT2D eigenvalue weighted by Crippen LogP contribution is -2.10. The molecule has 2 aromatic heterocycles. The average molecular weight is 429 g/mol. The minimum absolute atomic E-state index is 0.138. The van der Waals surface area contributed by atoms with E-state index in [1.54, 1.807) is 24.4 Å². The fourth-order valence-corrected chi connectivity index (χ4v) is 3.74. The number of carbonyl (C=O) groups excluding carboxylic acids is 1. The number of hydrogen-bond donors (Lipinski definition) is 0. The maximum Gasteiger partial charge on any atom is 0.288 e. The smallest absolute Gasteiger partial charge is 0.288 e. The molecule has 140 valence electrons. The first kappa shape index (κ1) is 18.7. The normalized spacial score (nSPS) is 10.8. The lowest BCUT2D eigenvalue weighted by Gasteiger charge is -2.08. The van der Waals surface area contributed by atoms with Crippen LogP contribution in [0, 0.1) is 0 Å². The van der Waals surface area contributed by atoms with Crippen LogP contribution in [0.3, 0.4) is 0 Å². The lowest BCUT2D eigenvalue weighted by molar-refractivity contribution is 0.0949. The number of hydrogen-bond acceptors (Lipinski definition) is 4. The molecule has 7 heteroatoms. The van der Waals surface area contributed by atoms with E-state index in [2.05, 4.69) is 5.10 Å². The van der Waals surface area contributed by atoms with E-state index >= 15 is 0 Å². The number of rotatable bonds is 5. The second kappa shape index (κ2) is 8.19. The van der Waals surface area contributed by atoms with Crippen LogP contribution in [0.1, 0.15) is 15.2 Å². The summed E-state index contributed by atoms with van der Waals surface area (Å²) in [7, 11) is 0. The minimum atomic E-state index is -0.138. The van der Waals surface area contributed by atoms with Crippen molar-refractivity contribution < 1.29 is 9.53 Å². The standard InChI is InChI=1S/C21H14Cl2N2O2S/c22-16-6-3-15(18(23)12-16)13-27-17-7-4-14(5-8-17)19-9-10-25(24-19)21(26)20-2-1-11-28-20/h1-12H,13H2. The topological polar surface area (TPSA) is 44.1 Å². The second-order valence-electron chi connectivity index (χ2n) is 5.98. The quantitative estimate of drug-likeness (QED) is 0.380. The molecule has 0 aliphatic carbocycles. The van der Waals surface area contributed by atoms with E-state index in [1.165, 1.54) is 16.0 Å². The van der Waals surface area contributed by atoms with Crippen molar-refractivity contribution in [1.82, 2.24) is 9.78 Å². The molecule has 0 saturated carbocycles. The third-order valence-corrected chi connectivity index (χ3v) is 5.53. The van der Waals surface area contributed by atoms with Gasteiger partial charge in [-0.2, -0.15) is 5.10 Å². The number of benzene rings is 2. The molecule has 0 N–H and O–H groups in total. The second-order valence-corrected chi connectivity index (χ2v) is 7.77. The molecule has 0 spiro atoms. The number of thiophene rings is 1. The predicted molar refractivity (Wildman–Crippen MR) is 113 cm³/mol. The molecule has 0 radical (unpaired) electrons. The van der Waals surface area contributed by atoms with Gasteiger partial charge in [0.25, 0.3) is 5.91 Å². The third kappa shape index (κ3) is 4.12. The molecule has 4 aromatic rings. The number of carbonyl (C=O) groups is 1. The van der Waals surface area contributed by atoms with Crippen molar-refractivity contribution >= 4 is 40.4 Å². The molecule has 0 saturated heterocycles. The molecule has 0 aliphatic rings. The monoisotopic (exact) mass is 428 g/mol. The highest BCUT2D eigenvalue weighted by molar-refractivity contribution is 7.12. The number of halogens is 2. The summed E-state index contributed by atoms with van der Waals surface area (Å²) in [6.45, 7) is 0.347. The van der Waals surface area contributed by atoms with E-state index in [-0.39, 0.29) is 5.91 Å². The summed E-state index contributed by atoms with van der Waals surface area (Å²) in [5.74, 6) is 0.574. The van der Waals surface area contributed by atoms with Crippen molar-refractivity contribution in [3.05, 3.63) is 92.7 Å². The fourth-order valence-electron chi connectivity index (χ4n) is 2.63. The molecule has 2 heterocycles. The Hall–Kier alpha value is -2.60. The van der Waals surface area contributed by atoms with E-state index in [1.807, 2.05) is 47.8 Å². The summed E-state index contributed by atoms with van der Waals surface area (Å²) in [5, 5.41) is 7.42. The Morgan fingerprint density at radius 3 is 2.61 bits per heavy atom. The molecule has 4 rings (SSSR count). The average Bonchev–Trinajstić information content (AvgIpc) is 3.40. The Morgan fingerprint density at radius 1 is 1.07 bits per heavy atom. The van der Waals surface area contributed by atoms with Crippen molar-refractivity contribution in [3.63, 3.8) is 0 Å². The highest BCUT2D eigenvalue weighted by Crippen LogP contribution is 2.25. The summed E-state index contributed by atoms with van der Waals surface area (Å²) in [4.78, 5) is 13.0. The van der Waals surface area contributed by atoms with E-state index < -0.39 is 0 Å². The minimum Gasteiger partial charge on any atom is -0.489 e. The van der Waals surface area contributed by atoms with Gasteiger partial charge < -0.3 is 4.74 Å². The molecule has 0 bridgehead atoms. The van der Waals surface area contributed by atoms with Crippen molar-refractivity contribution in [2.75, 3.05) is 0 Å². The van der Waals surface area contributed by atoms with Gasteiger partial charge in [-0.3, -0.25) is 4.79 Å². The van der Waals surface area contributed by atoms with Crippen LogP contribution in [0.2, 0.25) is 10.0 Å². The third-order valence-electron chi connectivity index (χ3n) is 4.09. The lowest BCUT2D eigenvalue weighted by atomic mass is 10.1. The van der Waals surface area contributed by atoms with Crippen LogP contribution in [0.5, 0.6) is 5.75 Å². The van der Waals surface area contributed by atoms with Gasteiger partial charge in [0.2, 0.25) is 0 Å². The molecule has 0 aliphatic heterocycles. The van der Waals surface area contributed by atoms with Crippen LogP contribution in [-0.2, 0) is 6.61 Å². The van der Waals surface area contributed by atoms with Crippen LogP contribution in [-0.4, -0.2) is 15.7 Å². The van der Waals surface area contributed by atoms with Gasteiger partial charge in [0.05, 0.1) is 10.6 Å². The van der Waals surface area contributed by atoms with Crippen LogP contribution in [0.25, 0.3) is 11.3 Å². The SMILES string of the molecule is O=C(c1cccs1)n1ccc(-c2ccc(OCc3ccc(Cl)cc3Cl)cc2)n1. The van der Waals surface area contributed by atoms with Crippen molar-refractivity contribution in [3.8, 4) is 17.0 Å². The van der Waals surface area contributed by atoms with Crippen LogP contribution >= 0.6 is 34.5 Å². The first-order chi connectivity index (χ1) is 13.6. The zero-order valence-corrected chi connectivity index (χ0v) is 16.8. The maximum absolute atomic E-state index is 12.3. The van der Waals surface area contributed by atoms with Gasteiger partial charge in [-0.05, 0) is 53.9 Å². The summed E-state index contributed by atoms with van der Waals surface area (Å²) < 4.78 is 7.15. The van der Waals surface area contributed by atoms with E-state index in [0.717, 1.165) is 16.8 Å². The first-order valence-electron chi connectivity index (χ1n) is 8.41. The summed E-state index contributed by atoms with van der Waals surface area (Å²) in [6, 6.07) is 18.3.